The summed E-state index contributed by atoms with van der Waals surface area (Å²) in [4.78, 5) is 27.4. The third-order valence-electron chi connectivity index (χ3n) is 5.70. The first-order valence-corrected chi connectivity index (χ1v) is 11.8. The minimum Gasteiger partial charge on any atom is -0.496 e. The van der Waals surface area contributed by atoms with E-state index in [9.17, 15) is 20.0 Å². The van der Waals surface area contributed by atoms with E-state index in [0.29, 0.717) is 23.5 Å². The van der Waals surface area contributed by atoms with Crippen molar-refractivity contribution in [2.24, 2.45) is 0 Å². The van der Waals surface area contributed by atoms with Crippen molar-refractivity contribution in [3.63, 3.8) is 0 Å². The maximum absolute atomic E-state index is 12.8. The largest absolute Gasteiger partial charge is 0.496 e. The molecule has 2 heterocycles. The van der Waals surface area contributed by atoms with Crippen LogP contribution in [0.1, 0.15) is 46.4 Å². The van der Waals surface area contributed by atoms with Gasteiger partial charge in [0.25, 0.3) is 0 Å². The Hall–Kier alpha value is -3.13. The van der Waals surface area contributed by atoms with Gasteiger partial charge in [0.05, 0.1) is 25.8 Å². The molecule has 10 heteroatoms. The molecule has 0 spiro atoms. The number of methoxy groups -OCH3 is 1. The number of anilines is 1. The number of amides is 2. The van der Waals surface area contributed by atoms with E-state index in [0.717, 1.165) is 27.3 Å². The topological polar surface area (TPSA) is 132 Å². The molecule has 1 aliphatic rings. The molecule has 0 saturated heterocycles. The molecule has 1 aromatic heterocycles. The summed E-state index contributed by atoms with van der Waals surface area (Å²) in [5.41, 5.74) is 3.28. The maximum atomic E-state index is 12.8. The van der Waals surface area contributed by atoms with Gasteiger partial charge in [0, 0.05) is 17.8 Å². The summed E-state index contributed by atoms with van der Waals surface area (Å²) in [5.74, 6) is 0.434. The van der Waals surface area contributed by atoms with Crippen molar-refractivity contribution in [3.05, 3.63) is 45.3 Å². The number of nitrogens with one attached hydrogen (secondary N) is 1. The summed E-state index contributed by atoms with van der Waals surface area (Å²) >= 11 is 1.28. The second-order valence-corrected chi connectivity index (χ2v) is 9.41. The zero-order chi connectivity index (χ0) is 24.8. The van der Waals surface area contributed by atoms with Gasteiger partial charge in [-0.15, -0.1) is 11.3 Å². The number of aryl methyl sites for hydroxylation is 1. The molecule has 0 bridgehead atoms. The predicted molar refractivity (Wildman–Crippen MR) is 127 cm³/mol. The monoisotopic (exact) mass is 487 g/mol. The van der Waals surface area contributed by atoms with E-state index in [4.69, 9.17) is 14.6 Å². The number of benzene rings is 1. The van der Waals surface area contributed by atoms with Crippen molar-refractivity contribution in [2.75, 3.05) is 32.2 Å². The average Bonchev–Trinajstić information content (AvgIpc) is 3.17. The molecule has 9 nitrogen and oxygen atoms in total. The van der Waals surface area contributed by atoms with Gasteiger partial charge in [-0.3, -0.25) is 4.79 Å². The normalized spacial score (nSPS) is 14.5. The number of thiophene rings is 1. The second kappa shape index (κ2) is 11.3. The number of carbonyl (C=O) groups excluding carboxylic acids is 2. The number of aliphatic hydroxyl groups excluding tert-OH is 2. The number of nitriles is 1. The van der Waals surface area contributed by atoms with Crippen LogP contribution in [0.4, 0.5) is 9.80 Å². The average molecular weight is 488 g/mol. The Kier molecular flexibility index (Phi) is 8.50. The van der Waals surface area contributed by atoms with E-state index in [1.807, 2.05) is 32.0 Å². The molecule has 2 aromatic rings. The van der Waals surface area contributed by atoms with Crippen LogP contribution < -0.4 is 10.1 Å². The fourth-order valence-electron chi connectivity index (χ4n) is 3.88. The highest BCUT2D eigenvalue weighted by Gasteiger charge is 2.29. The molecule has 182 valence electrons. The van der Waals surface area contributed by atoms with E-state index in [-0.39, 0.29) is 31.4 Å². The third-order valence-corrected chi connectivity index (χ3v) is 6.83. The standard InChI is InChI=1S/C24H29N3O6S/c1-14-4-5-20(32-3)18(8-14)15(2)9-22(30)26-23-19(10-25)17-6-7-27(11-21(17)34-23)24(31)33-13-16(29)12-28/h4-5,8,15-16,28-29H,6-7,9,11-13H2,1-3H3,(H,26,30)/t15-,16?/m0/s1. The van der Waals surface area contributed by atoms with Crippen LogP contribution in [-0.2, 0) is 22.5 Å². The minimum absolute atomic E-state index is 0.0884. The van der Waals surface area contributed by atoms with Gasteiger partial charge < -0.3 is 29.9 Å². The van der Waals surface area contributed by atoms with Crippen molar-refractivity contribution in [1.29, 1.82) is 5.26 Å². The molecule has 0 aliphatic carbocycles. The summed E-state index contributed by atoms with van der Waals surface area (Å²) < 4.78 is 10.5. The van der Waals surface area contributed by atoms with Gasteiger partial charge in [-0.1, -0.05) is 24.6 Å². The smallest absolute Gasteiger partial charge is 0.410 e. The Bertz CT molecular complexity index is 1090. The lowest BCUT2D eigenvalue weighted by atomic mass is 9.95. The molecular weight excluding hydrogens is 458 g/mol. The van der Waals surface area contributed by atoms with E-state index in [1.165, 1.54) is 16.2 Å². The summed E-state index contributed by atoms with van der Waals surface area (Å²) in [5, 5.41) is 31.3. The van der Waals surface area contributed by atoms with Crippen molar-refractivity contribution < 1.29 is 29.3 Å². The van der Waals surface area contributed by atoms with E-state index >= 15 is 0 Å². The number of ether oxygens (including phenoxy) is 2. The lowest BCUT2D eigenvalue weighted by molar-refractivity contribution is -0.116. The molecule has 2 amide bonds. The fourth-order valence-corrected chi connectivity index (χ4v) is 5.11. The molecule has 3 rings (SSSR count). The van der Waals surface area contributed by atoms with Crippen LogP contribution >= 0.6 is 11.3 Å². The minimum atomic E-state index is -1.12. The molecule has 3 N–H and O–H groups in total. The zero-order valence-corrected chi connectivity index (χ0v) is 20.3. The maximum Gasteiger partial charge on any atom is 0.410 e. The number of hydrogen-bond acceptors (Lipinski definition) is 8. The highest BCUT2D eigenvalue weighted by Crippen LogP contribution is 2.37. The van der Waals surface area contributed by atoms with E-state index in [2.05, 4.69) is 11.4 Å². The highest BCUT2D eigenvalue weighted by molar-refractivity contribution is 7.16. The SMILES string of the molecule is COc1ccc(C)cc1[C@@H](C)CC(=O)Nc1sc2c(c1C#N)CCN(C(=O)OCC(O)CO)C2. The first-order chi connectivity index (χ1) is 16.3. The van der Waals surface area contributed by atoms with Crippen LogP contribution in [0.25, 0.3) is 0 Å². The van der Waals surface area contributed by atoms with Gasteiger partial charge in [0.2, 0.25) is 5.91 Å². The Morgan fingerprint density at radius 2 is 2.15 bits per heavy atom. The van der Waals surface area contributed by atoms with Crippen molar-refractivity contribution in [2.45, 2.75) is 45.3 Å². The molecule has 0 fully saturated rings. The molecule has 2 atom stereocenters. The number of carbonyl (C=O) groups is 2. The predicted octanol–water partition coefficient (Wildman–Crippen LogP) is 2.92. The first-order valence-electron chi connectivity index (χ1n) is 11.0. The Balaban J connectivity index is 1.68. The quantitative estimate of drug-likeness (QED) is 0.521. The lowest BCUT2D eigenvalue weighted by Gasteiger charge is -2.26. The Labute approximate surface area is 202 Å². The Morgan fingerprint density at radius 3 is 2.82 bits per heavy atom. The molecule has 1 aromatic carbocycles. The number of hydrogen-bond donors (Lipinski definition) is 3. The van der Waals surface area contributed by atoms with Crippen molar-refractivity contribution in [3.8, 4) is 11.8 Å². The van der Waals surface area contributed by atoms with Gasteiger partial charge in [0.15, 0.2) is 0 Å². The highest BCUT2D eigenvalue weighted by atomic mass is 32.1. The van der Waals surface area contributed by atoms with Gasteiger partial charge >= 0.3 is 6.09 Å². The summed E-state index contributed by atoms with van der Waals surface area (Å²) in [6.07, 6.45) is -1.05. The van der Waals surface area contributed by atoms with E-state index < -0.39 is 18.8 Å². The van der Waals surface area contributed by atoms with Crippen LogP contribution in [0.15, 0.2) is 18.2 Å². The first kappa shape index (κ1) is 25.5. The fraction of sp³-hybridized carbons (Fsp3) is 0.458. The lowest BCUT2D eigenvalue weighted by Crippen LogP contribution is -2.37. The number of nitrogens with zero attached hydrogens (tertiary/aromatic N) is 2. The third kappa shape index (κ3) is 5.86. The second-order valence-electron chi connectivity index (χ2n) is 8.30. The van der Waals surface area contributed by atoms with Crippen LogP contribution in [0, 0.1) is 18.3 Å². The van der Waals surface area contributed by atoms with Crippen LogP contribution in [0.2, 0.25) is 0 Å². The van der Waals surface area contributed by atoms with Gasteiger partial charge in [0.1, 0.15) is 29.5 Å². The summed E-state index contributed by atoms with van der Waals surface area (Å²) in [7, 11) is 1.60. The van der Waals surface area contributed by atoms with Gasteiger partial charge in [-0.2, -0.15) is 5.26 Å². The van der Waals surface area contributed by atoms with E-state index in [1.54, 1.807) is 7.11 Å². The number of fused-ring (bicyclic) bond motifs is 1. The number of aliphatic hydroxyl groups is 2. The van der Waals surface area contributed by atoms with Crippen molar-refractivity contribution >= 4 is 28.3 Å². The molecule has 0 radical (unpaired) electrons. The summed E-state index contributed by atoms with van der Waals surface area (Å²) in [6.45, 7) is 3.75. The van der Waals surface area contributed by atoms with Crippen LogP contribution in [0.3, 0.4) is 0 Å². The zero-order valence-electron chi connectivity index (χ0n) is 19.5. The number of rotatable bonds is 8. The molecule has 34 heavy (non-hydrogen) atoms. The molecule has 0 saturated carbocycles. The van der Waals surface area contributed by atoms with Gasteiger partial charge in [-0.25, -0.2) is 4.79 Å². The van der Waals surface area contributed by atoms with Crippen molar-refractivity contribution in [1.82, 2.24) is 4.90 Å². The van der Waals surface area contributed by atoms with Crippen LogP contribution in [-0.4, -0.2) is 60.1 Å². The molecular formula is C24H29N3O6S. The molecule has 1 unspecified atom stereocenters. The van der Waals surface area contributed by atoms with Gasteiger partial charge in [-0.05, 0) is 36.5 Å². The molecule has 1 aliphatic heterocycles. The summed E-state index contributed by atoms with van der Waals surface area (Å²) in [6, 6.07) is 8.05. The Morgan fingerprint density at radius 1 is 1.38 bits per heavy atom. The van der Waals surface area contributed by atoms with Crippen LogP contribution in [0.5, 0.6) is 5.75 Å².